The predicted octanol–water partition coefficient (Wildman–Crippen LogP) is 2.63. The van der Waals surface area contributed by atoms with Crippen LogP contribution in [-0.2, 0) is 0 Å². The molecule has 0 saturated heterocycles. The number of aromatic nitrogens is 2. The second-order valence-electron chi connectivity index (χ2n) is 4.02. The van der Waals surface area contributed by atoms with Crippen molar-refractivity contribution >= 4 is 5.82 Å². The van der Waals surface area contributed by atoms with Gasteiger partial charge in [-0.15, -0.1) is 5.10 Å². The summed E-state index contributed by atoms with van der Waals surface area (Å²) in [7, 11) is 0. The lowest BCUT2D eigenvalue weighted by Gasteiger charge is -2.20. The molecule has 1 aromatic heterocycles. The van der Waals surface area contributed by atoms with Crippen LogP contribution in [0.4, 0.5) is 5.82 Å². The van der Waals surface area contributed by atoms with E-state index in [1.165, 1.54) is 0 Å². The SMILES string of the molecule is CCC(Nc1cc(C)cnn1)C(C)C. The monoisotopic (exact) mass is 193 g/mol. The molecule has 0 aromatic carbocycles. The van der Waals surface area contributed by atoms with Crippen molar-refractivity contribution in [2.24, 2.45) is 5.92 Å². The maximum Gasteiger partial charge on any atom is 0.149 e. The normalized spacial score (nSPS) is 12.9. The Morgan fingerprint density at radius 1 is 1.43 bits per heavy atom. The Labute approximate surface area is 85.9 Å². The average molecular weight is 193 g/mol. The summed E-state index contributed by atoms with van der Waals surface area (Å²) >= 11 is 0. The van der Waals surface area contributed by atoms with E-state index < -0.39 is 0 Å². The number of nitrogens with zero attached hydrogens (tertiary/aromatic N) is 2. The maximum absolute atomic E-state index is 4.05. The summed E-state index contributed by atoms with van der Waals surface area (Å²) in [5.41, 5.74) is 1.14. The molecule has 3 heteroatoms. The van der Waals surface area contributed by atoms with Crippen molar-refractivity contribution in [1.82, 2.24) is 10.2 Å². The second kappa shape index (κ2) is 4.94. The van der Waals surface area contributed by atoms with Gasteiger partial charge >= 0.3 is 0 Å². The van der Waals surface area contributed by atoms with E-state index in [4.69, 9.17) is 0 Å². The minimum absolute atomic E-state index is 0.478. The van der Waals surface area contributed by atoms with Crippen LogP contribution in [0.5, 0.6) is 0 Å². The van der Waals surface area contributed by atoms with Crippen molar-refractivity contribution in [2.45, 2.75) is 40.2 Å². The largest absolute Gasteiger partial charge is 0.366 e. The molecule has 0 aliphatic rings. The molecule has 0 aliphatic carbocycles. The van der Waals surface area contributed by atoms with Crippen LogP contribution in [-0.4, -0.2) is 16.2 Å². The van der Waals surface area contributed by atoms with Crippen molar-refractivity contribution in [1.29, 1.82) is 0 Å². The van der Waals surface area contributed by atoms with Crippen LogP contribution in [0.25, 0.3) is 0 Å². The van der Waals surface area contributed by atoms with Gasteiger partial charge in [-0.2, -0.15) is 5.10 Å². The molecule has 3 nitrogen and oxygen atoms in total. The fraction of sp³-hybridized carbons (Fsp3) is 0.636. The molecule has 1 heterocycles. The first-order valence-electron chi connectivity index (χ1n) is 5.19. The van der Waals surface area contributed by atoms with Gasteiger partial charge in [0.05, 0.1) is 6.20 Å². The third-order valence-electron chi connectivity index (χ3n) is 2.37. The summed E-state index contributed by atoms with van der Waals surface area (Å²) in [4.78, 5) is 0. The van der Waals surface area contributed by atoms with Crippen molar-refractivity contribution in [2.75, 3.05) is 5.32 Å². The lowest BCUT2D eigenvalue weighted by Crippen LogP contribution is -2.25. The Morgan fingerprint density at radius 2 is 2.14 bits per heavy atom. The zero-order valence-corrected chi connectivity index (χ0v) is 9.41. The molecule has 0 saturated carbocycles. The molecule has 14 heavy (non-hydrogen) atoms. The molecule has 0 spiro atoms. The molecule has 0 fully saturated rings. The lowest BCUT2D eigenvalue weighted by atomic mass is 10.0. The van der Waals surface area contributed by atoms with E-state index in [9.17, 15) is 0 Å². The summed E-state index contributed by atoms with van der Waals surface area (Å²) in [5.74, 6) is 1.49. The fourth-order valence-electron chi connectivity index (χ4n) is 1.46. The highest BCUT2D eigenvalue weighted by atomic mass is 15.2. The Morgan fingerprint density at radius 3 is 2.64 bits per heavy atom. The number of anilines is 1. The lowest BCUT2D eigenvalue weighted by molar-refractivity contribution is 0.509. The van der Waals surface area contributed by atoms with Gasteiger partial charge < -0.3 is 5.32 Å². The highest BCUT2D eigenvalue weighted by molar-refractivity contribution is 5.36. The zero-order chi connectivity index (χ0) is 10.6. The average Bonchev–Trinajstić information content (AvgIpc) is 2.14. The number of hydrogen-bond acceptors (Lipinski definition) is 3. The van der Waals surface area contributed by atoms with Crippen LogP contribution in [0.1, 0.15) is 32.8 Å². The topological polar surface area (TPSA) is 37.8 Å². The summed E-state index contributed by atoms with van der Waals surface area (Å²) < 4.78 is 0. The molecule has 1 N–H and O–H groups in total. The first-order valence-corrected chi connectivity index (χ1v) is 5.19. The third kappa shape index (κ3) is 2.98. The van der Waals surface area contributed by atoms with E-state index in [2.05, 4.69) is 36.3 Å². The predicted molar refractivity (Wildman–Crippen MR) is 59.3 cm³/mol. The number of aryl methyl sites for hydroxylation is 1. The molecule has 1 atom stereocenters. The summed E-state index contributed by atoms with van der Waals surface area (Å²) in [6, 6.07) is 2.50. The van der Waals surface area contributed by atoms with Crippen molar-refractivity contribution in [3.8, 4) is 0 Å². The van der Waals surface area contributed by atoms with Gasteiger partial charge in [0.25, 0.3) is 0 Å². The second-order valence-corrected chi connectivity index (χ2v) is 4.02. The van der Waals surface area contributed by atoms with Gasteiger partial charge in [-0.3, -0.25) is 0 Å². The standard InChI is InChI=1S/C11H19N3/c1-5-10(8(2)3)13-11-6-9(4)7-12-14-11/h6-8,10H,5H2,1-4H3,(H,13,14). The maximum atomic E-state index is 4.05. The van der Waals surface area contributed by atoms with E-state index in [0.29, 0.717) is 12.0 Å². The number of rotatable bonds is 4. The molecule has 0 amide bonds. The highest BCUT2D eigenvalue weighted by Gasteiger charge is 2.10. The minimum Gasteiger partial charge on any atom is -0.366 e. The first-order chi connectivity index (χ1) is 6.63. The van der Waals surface area contributed by atoms with E-state index in [0.717, 1.165) is 17.8 Å². The quantitative estimate of drug-likeness (QED) is 0.798. The Hall–Kier alpha value is -1.12. The zero-order valence-electron chi connectivity index (χ0n) is 9.41. The van der Waals surface area contributed by atoms with Gasteiger partial charge in [-0.25, -0.2) is 0 Å². The van der Waals surface area contributed by atoms with E-state index in [1.54, 1.807) is 6.20 Å². The number of hydrogen-bond donors (Lipinski definition) is 1. The van der Waals surface area contributed by atoms with Crippen LogP contribution in [0.3, 0.4) is 0 Å². The molecule has 78 valence electrons. The van der Waals surface area contributed by atoms with Crippen molar-refractivity contribution in [3.63, 3.8) is 0 Å². The molecule has 1 rings (SSSR count). The van der Waals surface area contributed by atoms with E-state index in [-0.39, 0.29) is 0 Å². The summed E-state index contributed by atoms with van der Waals surface area (Å²) in [6.45, 7) is 8.63. The molecule has 0 radical (unpaired) electrons. The van der Waals surface area contributed by atoms with Crippen LogP contribution in [0.2, 0.25) is 0 Å². The molecule has 1 aromatic rings. The third-order valence-corrected chi connectivity index (χ3v) is 2.37. The Kier molecular flexibility index (Phi) is 3.86. The Balaban J connectivity index is 2.67. The Bertz CT molecular complexity index is 284. The van der Waals surface area contributed by atoms with Crippen LogP contribution in [0, 0.1) is 12.8 Å². The molecular weight excluding hydrogens is 174 g/mol. The molecule has 1 unspecified atom stereocenters. The van der Waals surface area contributed by atoms with E-state index in [1.807, 2.05) is 13.0 Å². The first kappa shape index (κ1) is 11.0. The molecular formula is C11H19N3. The number of nitrogens with one attached hydrogen (secondary N) is 1. The van der Waals surface area contributed by atoms with Crippen molar-refractivity contribution < 1.29 is 0 Å². The molecule has 0 aliphatic heterocycles. The summed E-state index contributed by atoms with van der Waals surface area (Å²) in [6.07, 6.45) is 2.87. The van der Waals surface area contributed by atoms with Gasteiger partial charge in [0.2, 0.25) is 0 Å². The van der Waals surface area contributed by atoms with Gasteiger partial charge in [-0.05, 0) is 30.9 Å². The van der Waals surface area contributed by atoms with Crippen LogP contribution < -0.4 is 5.32 Å². The van der Waals surface area contributed by atoms with Gasteiger partial charge in [-0.1, -0.05) is 20.8 Å². The smallest absolute Gasteiger partial charge is 0.149 e. The molecule has 0 bridgehead atoms. The minimum atomic E-state index is 0.478. The summed E-state index contributed by atoms with van der Waals surface area (Å²) in [5, 5.41) is 11.4. The van der Waals surface area contributed by atoms with Crippen LogP contribution >= 0.6 is 0 Å². The van der Waals surface area contributed by atoms with E-state index >= 15 is 0 Å². The van der Waals surface area contributed by atoms with Gasteiger partial charge in [0, 0.05) is 6.04 Å². The fourth-order valence-corrected chi connectivity index (χ4v) is 1.46. The van der Waals surface area contributed by atoms with Crippen molar-refractivity contribution in [3.05, 3.63) is 17.8 Å². The van der Waals surface area contributed by atoms with Gasteiger partial charge in [0.1, 0.15) is 5.82 Å². The van der Waals surface area contributed by atoms with Gasteiger partial charge in [0.15, 0.2) is 0 Å². The van der Waals surface area contributed by atoms with Crippen LogP contribution in [0.15, 0.2) is 12.3 Å². The highest BCUT2D eigenvalue weighted by Crippen LogP contribution is 2.12.